The number of sulfone groups is 1. The maximum atomic E-state index is 13.8. The lowest BCUT2D eigenvalue weighted by Crippen LogP contribution is -2.57. The average molecular weight is 573 g/mol. The smallest absolute Gasteiger partial charge is 0.237 e. The van der Waals surface area contributed by atoms with E-state index in [1.54, 1.807) is 6.07 Å². The Hall–Kier alpha value is -1.76. The minimum Gasteiger partial charge on any atom is -0.369 e. The van der Waals surface area contributed by atoms with Crippen LogP contribution in [0, 0.1) is 29.5 Å². The molecule has 9 nitrogen and oxygen atoms in total. The van der Waals surface area contributed by atoms with Gasteiger partial charge in [0, 0.05) is 49.6 Å². The molecule has 4 rings (SSSR count). The molecule has 12 heteroatoms. The molecule has 4 atom stereocenters. The molecule has 0 aromatic heterocycles. The van der Waals surface area contributed by atoms with Crippen LogP contribution in [0.25, 0.3) is 0 Å². The Morgan fingerprint density at radius 3 is 2.45 bits per heavy atom. The van der Waals surface area contributed by atoms with Crippen molar-refractivity contribution in [2.45, 2.75) is 58.5 Å². The monoisotopic (exact) mass is 572 g/mol. The fourth-order valence-electron chi connectivity index (χ4n) is 6.92. The Kier molecular flexibility index (Phi) is 7.95. The third-order valence-electron chi connectivity index (χ3n) is 9.47. The van der Waals surface area contributed by atoms with E-state index in [9.17, 15) is 26.0 Å². The van der Waals surface area contributed by atoms with Crippen molar-refractivity contribution in [1.29, 1.82) is 0 Å². The lowest BCUT2D eigenvalue weighted by molar-refractivity contribution is -0.124. The zero-order valence-electron chi connectivity index (χ0n) is 22.7. The van der Waals surface area contributed by atoms with E-state index in [0.29, 0.717) is 39.0 Å². The number of nitrogens with one attached hydrogen (secondary N) is 1. The molecule has 0 spiro atoms. The minimum absolute atomic E-state index is 0.0184. The molecule has 3 N–H and O–H groups in total. The first-order valence-electron chi connectivity index (χ1n) is 13.3. The molecular formula is C26H41FN4O5S2. The van der Waals surface area contributed by atoms with Crippen LogP contribution in [-0.4, -0.2) is 83.1 Å². The number of carbonyl (C=O) groups is 1. The highest BCUT2D eigenvalue weighted by Crippen LogP contribution is 2.66. The Bertz CT molecular complexity index is 1280. The highest BCUT2D eigenvalue weighted by atomic mass is 32.2. The van der Waals surface area contributed by atoms with Crippen molar-refractivity contribution in [1.82, 2.24) is 9.62 Å². The number of carbonyl (C=O) groups excluding carboxylic acids is 1. The van der Waals surface area contributed by atoms with E-state index in [2.05, 4.69) is 19.2 Å². The van der Waals surface area contributed by atoms with E-state index in [0.717, 1.165) is 23.9 Å². The Balaban J connectivity index is 1.47. The van der Waals surface area contributed by atoms with Gasteiger partial charge in [-0.05, 0) is 61.6 Å². The van der Waals surface area contributed by atoms with Crippen molar-refractivity contribution in [2.75, 3.05) is 48.8 Å². The fourth-order valence-corrected chi connectivity index (χ4v) is 9.87. The Morgan fingerprint density at radius 2 is 1.84 bits per heavy atom. The molecule has 2 bridgehead atoms. The second-order valence-corrected chi connectivity index (χ2v) is 16.2. The van der Waals surface area contributed by atoms with Gasteiger partial charge >= 0.3 is 0 Å². The summed E-state index contributed by atoms with van der Waals surface area (Å²) in [4.78, 5) is 14.9. The molecule has 1 aliphatic heterocycles. The van der Waals surface area contributed by atoms with Crippen LogP contribution in [0.2, 0.25) is 0 Å². The number of halogens is 1. The predicted octanol–water partition coefficient (Wildman–Crippen LogP) is 1.66. The van der Waals surface area contributed by atoms with E-state index in [1.807, 2.05) is 11.8 Å². The number of fused-ring (bicyclic) bond motifs is 2. The standard InChI is InChI=1S/C26H41FN4O5S2/c1-18-5-6-20(27)16-22(18)30-10-12-31(13-11-30)38(35,36)17-26-9-7-19(25(26,2)3)15-23(26)29-24(32)21(28)8-14-37(4,33)34/h5-6,16,19,21,23H,7-15,17,28H2,1-4H3,(H,29,32)/t19?,21-,23?,26?/m0/s1. The highest BCUT2D eigenvalue weighted by Gasteiger charge is 2.66. The van der Waals surface area contributed by atoms with Gasteiger partial charge in [-0.2, -0.15) is 4.31 Å². The number of piperazine rings is 1. The van der Waals surface area contributed by atoms with Crippen LogP contribution in [-0.2, 0) is 24.7 Å². The summed E-state index contributed by atoms with van der Waals surface area (Å²) in [5, 5.41) is 3.02. The molecule has 1 saturated heterocycles. The average Bonchev–Trinajstić information content (AvgIpc) is 3.18. The Morgan fingerprint density at radius 1 is 1.18 bits per heavy atom. The van der Waals surface area contributed by atoms with Crippen LogP contribution >= 0.6 is 0 Å². The third-order valence-corrected chi connectivity index (χ3v) is 12.5. The van der Waals surface area contributed by atoms with Gasteiger partial charge in [0.05, 0.1) is 17.5 Å². The molecule has 3 unspecified atom stereocenters. The summed E-state index contributed by atoms with van der Waals surface area (Å²) in [7, 11) is -6.90. The van der Waals surface area contributed by atoms with Crippen molar-refractivity contribution in [2.24, 2.45) is 22.5 Å². The van der Waals surface area contributed by atoms with Crippen LogP contribution in [0.1, 0.15) is 45.1 Å². The molecule has 0 radical (unpaired) electrons. The molecule has 1 aromatic carbocycles. The van der Waals surface area contributed by atoms with Gasteiger partial charge in [-0.1, -0.05) is 19.9 Å². The number of hydrogen-bond donors (Lipinski definition) is 2. The largest absolute Gasteiger partial charge is 0.369 e. The summed E-state index contributed by atoms with van der Waals surface area (Å²) in [5.41, 5.74) is 6.80. The van der Waals surface area contributed by atoms with E-state index >= 15 is 0 Å². The quantitative estimate of drug-likeness (QED) is 0.460. The second-order valence-electron chi connectivity index (χ2n) is 12.0. The molecule has 1 amide bonds. The van der Waals surface area contributed by atoms with Crippen molar-refractivity contribution < 1.29 is 26.0 Å². The number of sulfonamides is 1. The summed E-state index contributed by atoms with van der Waals surface area (Å²) in [6, 6.07) is 3.32. The van der Waals surface area contributed by atoms with Crippen molar-refractivity contribution in [3.8, 4) is 0 Å². The summed E-state index contributed by atoms with van der Waals surface area (Å²) in [6.07, 6.45) is 3.40. The maximum Gasteiger partial charge on any atom is 0.237 e. The van der Waals surface area contributed by atoms with Gasteiger partial charge in [0.15, 0.2) is 0 Å². The number of hydrogen-bond acceptors (Lipinski definition) is 7. The van der Waals surface area contributed by atoms with E-state index in [4.69, 9.17) is 5.73 Å². The molecule has 2 saturated carbocycles. The SMILES string of the molecule is Cc1ccc(F)cc1N1CCN(S(=O)(=O)CC23CCC(CC2NC(=O)[C@@H](N)CCS(C)(=O)=O)C3(C)C)CC1. The summed E-state index contributed by atoms with van der Waals surface area (Å²) < 4.78 is 66.0. The van der Waals surface area contributed by atoms with E-state index in [1.165, 1.54) is 16.4 Å². The second kappa shape index (κ2) is 10.3. The molecular weight excluding hydrogens is 531 g/mol. The first-order valence-corrected chi connectivity index (χ1v) is 17.0. The molecule has 1 aromatic rings. The van der Waals surface area contributed by atoms with Crippen LogP contribution < -0.4 is 16.0 Å². The maximum absolute atomic E-state index is 13.8. The van der Waals surface area contributed by atoms with Crippen LogP contribution in [0.3, 0.4) is 0 Å². The molecule has 3 fully saturated rings. The van der Waals surface area contributed by atoms with Gasteiger partial charge < -0.3 is 16.0 Å². The predicted molar refractivity (Wildman–Crippen MR) is 146 cm³/mol. The van der Waals surface area contributed by atoms with Crippen molar-refractivity contribution >= 4 is 31.5 Å². The number of benzene rings is 1. The zero-order valence-corrected chi connectivity index (χ0v) is 24.4. The number of aryl methyl sites for hydroxylation is 1. The van der Waals surface area contributed by atoms with Gasteiger partial charge in [-0.15, -0.1) is 0 Å². The summed E-state index contributed by atoms with van der Waals surface area (Å²) in [5.74, 6) is -0.712. The molecule has 3 aliphatic rings. The number of nitrogens with two attached hydrogens (primary N) is 1. The van der Waals surface area contributed by atoms with E-state index < -0.39 is 37.2 Å². The first-order chi connectivity index (χ1) is 17.6. The topological polar surface area (TPSA) is 130 Å². The summed E-state index contributed by atoms with van der Waals surface area (Å²) >= 11 is 0. The lowest BCUT2D eigenvalue weighted by atomic mass is 9.69. The minimum atomic E-state index is -3.65. The molecule has 38 heavy (non-hydrogen) atoms. The highest BCUT2D eigenvalue weighted by molar-refractivity contribution is 7.90. The van der Waals surface area contributed by atoms with Gasteiger partial charge in [0.2, 0.25) is 15.9 Å². The van der Waals surface area contributed by atoms with E-state index in [-0.39, 0.29) is 41.1 Å². The van der Waals surface area contributed by atoms with Crippen LogP contribution in [0.4, 0.5) is 10.1 Å². The summed E-state index contributed by atoms with van der Waals surface area (Å²) in [6.45, 7) is 7.67. The van der Waals surface area contributed by atoms with Crippen molar-refractivity contribution in [3.05, 3.63) is 29.6 Å². The fraction of sp³-hybridized carbons (Fsp3) is 0.731. The van der Waals surface area contributed by atoms with Gasteiger partial charge in [-0.3, -0.25) is 4.79 Å². The van der Waals surface area contributed by atoms with Gasteiger partial charge in [-0.25, -0.2) is 21.2 Å². The molecule has 214 valence electrons. The normalized spacial score (nSPS) is 28.4. The van der Waals surface area contributed by atoms with Crippen molar-refractivity contribution in [3.63, 3.8) is 0 Å². The molecule has 2 aliphatic carbocycles. The van der Waals surface area contributed by atoms with Crippen LogP contribution in [0.5, 0.6) is 0 Å². The zero-order chi connectivity index (χ0) is 28.1. The third kappa shape index (κ3) is 5.59. The number of anilines is 1. The molecule has 1 heterocycles. The first kappa shape index (κ1) is 29.2. The number of nitrogens with zero attached hydrogens (tertiary/aromatic N) is 2. The lowest BCUT2D eigenvalue weighted by Gasteiger charge is -2.44. The number of amides is 1. The van der Waals surface area contributed by atoms with Gasteiger partial charge in [0.25, 0.3) is 0 Å². The van der Waals surface area contributed by atoms with Gasteiger partial charge in [0.1, 0.15) is 15.7 Å². The van der Waals surface area contributed by atoms with Crippen LogP contribution in [0.15, 0.2) is 18.2 Å². The Labute approximate surface area is 226 Å². The number of rotatable bonds is 9.